The maximum atomic E-state index is 9.31. The SMILES string of the molecule is O=C(O)OP(=O)([O-])[O-].O=C(O)OP(=O)([O-])[O-].O=C(O)OP(=O)([O-])[O-].[Ca+2].[Ca+2].[Ca+2]. The molecule has 0 atom stereocenters. The summed E-state index contributed by atoms with van der Waals surface area (Å²) in [7, 11) is -16.0. The van der Waals surface area contributed by atoms with Gasteiger partial charge in [0.1, 0.15) is 23.5 Å². The molecule has 0 heterocycles. The molecule has 144 valence electrons. The molecule has 18 nitrogen and oxygen atoms in total. The fraction of sp³-hybridized carbons (Fsp3) is 0. The van der Waals surface area contributed by atoms with Gasteiger partial charge in [-0.3, -0.25) is 0 Å². The number of hydrogen-bond acceptors (Lipinski definition) is 15. The van der Waals surface area contributed by atoms with Crippen LogP contribution < -0.4 is 29.4 Å². The molecule has 0 aromatic carbocycles. The van der Waals surface area contributed by atoms with Crippen LogP contribution in [0.15, 0.2) is 0 Å². The second kappa shape index (κ2) is 20.0. The molecule has 0 spiro atoms. The fourth-order valence-electron chi connectivity index (χ4n) is 0.287. The average molecular weight is 540 g/mol. The van der Waals surface area contributed by atoms with Gasteiger partial charge in [-0.2, -0.15) is 0 Å². The van der Waals surface area contributed by atoms with E-state index in [-0.39, 0.29) is 113 Å². The Morgan fingerprint density at radius 1 is 0.519 bits per heavy atom. The standard InChI is InChI=1S/3CH3O6P.3Ca/c3*2-1(3)7-8(4,5)6;;;/h3*(H,2,3)(H2,4,5,6);;;/q;;;3*+2/p-6. The van der Waals surface area contributed by atoms with Crippen molar-refractivity contribution in [2.24, 2.45) is 0 Å². The van der Waals surface area contributed by atoms with E-state index in [4.69, 9.17) is 15.3 Å². The van der Waals surface area contributed by atoms with Crippen LogP contribution in [0.25, 0.3) is 0 Å². The van der Waals surface area contributed by atoms with Crippen molar-refractivity contribution >= 4 is 155 Å². The average Bonchev–Trinajstić information content (AvgIpc) is 2.04. The summed E-state index contributed by atoms with van der Waals surface area (Å²) in [6, 6.07) is 0. The summed E-state index contributed by atoms with van der Waals surface area (Å²) in [6.45, 7) is 0. The number of rotatable bonds is 3. The minimum atomic E-state index is -5.32. The normalized spacial score (nSPS) is 9.56. The molecule has 0 saturated carbocycles. The molecule has 0 saturated heterocycles. The van der Waals surface area contributed by atoms with E-state index in [0.29, 0.717) is 0 Å². The second-order valence-corrected chi connectivity index (χ2v) is 5.64. The third-order valence-electron chi connectivity index (χ3n) is 0.570. The Bertz CT molecular complexity index is 489. The topological polar surface area (TPSA) is 329 Å². The summed E-state index contributed by atoms with van der Waals surface area (Å²) in [5, 5.41) is 22.4. The van der Waals surface area contributed by atoms with Crippen molar-refractivity contribution < 1.29 is 86.3 Å². The summed E-state index contributed by atoms with van der Waals surface area (Å²) in [4.78, 5) is 83.5. The van der Waals surface area contributed by atoms with Crippen molar-refractivity contribution in [3.8, 4) is 0 Å². The Hall–Kier alpha value is 2.04. The summed E-state index contributed by atoms with van der Waals surface area (Å²) < 4.78 is 36.3. The minimum absolute atomic E-state index is 0. The first-order chi connectivity index (χ1) is 10.2. The Balaban J connectivity index is -0.0000000580. The van der Waals surface area contributed by atoms with Gasteiger partial charge in [-0.25, -0.2) is 14.4 Å². The minimum Gasteiger partial charge on any atom is -0.780 e. The Morgan fingerprint density at radius 2 is 0.630 bits per heavy atom. The van der Waals surface area contributed by atoms with Gasteiger partial charge in [0.25, 0.3) is 0 Å². The van der Waals surface area contributed by atoms with Gasteiger partial charge in [-0.15, -0.1) is 0 Å². The number of carboxylic acid groups (broad SMARTS) is 3. The molecule has 0 aliphatic rings. The van der Waals surface area contributed by atoms with Crippen LogP contribution in [-0.4, -0.2) is 147 Å². The monoisotopic (exact) mass is 540 g/mol. The van der Waals surface area contributed by atoms with Crippen LogP contribution in [0.5, 0.6) is 0 Å². The summed E-state index contributed by atoms with van der Waals surface area (Å²) in [6.07, 6.45) is -6.34. The van der Waals surface area contributed by atoms with Gasteiger partial charge in [0.15, 0.2) is 0 Å². The maximum Gasteiger partial charge on any atom is 2.00 e. The van der Waals surface area contributed by atoms with E-state index in [1.165, 1.54) is 0 Å². The smallest absolute Gasteiger partial charge is 0.780 e. The van der Waals surface area contributed by atoms with Crippen LogP contribution in [0.1, 0.15) is 0 Å². The van der Waals surface area contributed by atoms with E-state index in [0.717, 1.165) is 0 Å². The molecular weight excluding hydrogens is 537 g/mol. The van der Waals surface area contributed by atoms with E-state index in [9.17, 15) is 57.4 Å². The first-order valence-electron chi connectivity index (χ1n) is 4.09. The molecule has 0 amide bonds. The third kappa shape index (κ3) is 65.5. The van der Waals surface area contributed by atoms with E-state index in [2.05, 4.69) is 13.6 Å². The largest absolute Gasteiger partial charge is 2.00 e. The molecule has 0 rings (SSSR count). The van der Waals surface area contributed by atoms with Crippen molar-refractivity contribution in [2.75, 3.05) is 0 Å². The summed E-state index contributed by atoms with van der Waals surface area (Å²) in [5.41, 5.74) is 0. The van der Waals surface area contributed by atoms with Gasteiger partial charge < -0.3 is 71.9 Å². The van der Waals surface area contributed by atoms with E-state index in [1.807, 2.05) is 0 Å². The quantitative estimate of drug-likeness (QED) is 0.222. The zero-order valence-corrected chi connectivity index (χ0v) is 21.7. The van der Waals surface area contributed by atoms with Gasteiger partial charge in [-0.1, -0.05) is 0 Å². The van der Waals surface area contributed by atoms with Crippen LogP contribution in [-0.2, 0) is 27.3 Å². The molecule has 3 N–H and O–H groups in total. The van der Waals surface area contributed by atoms with Gasteiger partial charge in [0.05, 0.1) is 0 Å². The number of phosphoric ester groups is 3. The number of hydrogen-bond donors (Lipinski definition) is 3. The number of carbonyl (C=O) groups is 3. The Labute approximate surface area is 237 Å². The molecule has 0 aliphatic heterocycles. The van der Waals surface area contributed by atoms with E-state index >= 15 is 0 Å². The molecule has 27 heavy (non-hydrogen) atoms. The first kappa shape index (κ1) is 43.0. The summed E-state index contributed by atoms with van der Waals surface area (Å²) >= 11 is 0. The zero-order valence-electron chi connectivity index (χ0n) is 12.4. The molecule has 0 bridgehead atoms. The molecule has 0 radical (unpaired) electrons. The zero-order chi connectivity index (χ0) is 20.4. The van der Waals surface area contributed by atoms with Crippen molar-refractivity contribution in [2.45, 2.75) is 0 Å². The van der Waals surface area contributed by atoms with Gasteiger partial charge in [0.2, 0.25) is 0 Å². The van der Waals surface area contributed by atoms with Crippen LogP contribution in [0.3, 0.4) is 0 Å². The summed E-state index contributed by atoms with van der Waals surface area (Å²) in [5.74, 6) is 0. The molecule has 0 aliphatic carbocycles. The van der Waals surface area contributed by atoms with E-state index < -0.39 is 41.9 Å². The Kier molecular flexibility index (Phi) is 31.8. The van der Waals surface area contributed by atoms with Gasteiger partial charge in [0, 0.05) is 0 Å². The molecule has 0 aromatic heterocycles. The van der Waals surface area contributed by atoms with E-state index in [1.54, 1.807) is 0 Å². The maximum absolute atomic E-state index is 9.31. The molecule has 0 fully saturated rings. The molecule has 0 aromatic rings. The van der Waals surface area contributed by atoms with Crippen molar-refractivity contribution in [1.82, 2.24) is 0 Å². The predicted molar refractivity (Wildman–Crippen MR) is 67.4 cm³/mol. The molecule has 0 unspecified atom stereocenters. The van der Waals surface area contributed by atoms with Crippen LogP contribution >= 0.6 is 23.5 Å². The van der Waals surface area contributed by atoms with Gasteiger partial charge in [-0.05, 0) is 0 Å². The second-order valence-electron chi connectivity index (χ2n) is 2.41. The van der Waals surface area contributed by atoms with Crippen LogP contribution in [0.2, 0.25) is 0 Å². The van der Waals surface area contributed by atoms with Crippen molar-refractivity contribution in [3.63, 3.8) is 0 Å². The number of phosphoric acid groups is 3. The first-order valence-corrected chi connectivity index (χ1v) is 8.47. The molecular formula is C3H3Ca3O18P3. The van der Waals surface area contributed by atoms with Crippen LogP contribution in [0.4, 0.5) is 14.4 Å². The predicted octanol–water partition coefficient (Wildman–Crippen LogP) is -5.61. The van der Waals surface area contributed by atoms with Gasteiger partial charge >= 0.3 is 132 Å². The molecule has 24 heteroatoms. The fourth-order valence-corrected chi connectivity index (χ4v) is 0.861. The van der Waals surface area contributed by atoms with Crippen molar-refractivity contribution in [3.05, 3.63) is 0 Å². The van der Waals surface area contributed by atoms with Crippen LogP contribution in [0, 0.1) is 0 Å². The third-order valence-corrected chi connectivity index (χ3v) is 1.71. The Morgan fingerprint density at radius 3 is 0.630 bits per heavy atom. The van der Waals surface area contributed by atoms with Crippen molar-refractivity contribution in [1.29, 1.82) is 0 Å².